The van der Waals surface area contributed by atoms with Gasteiger partial charge < -0.3 is 15.5 Å². The average molecular weight is 523 g/mol. The van der Waals surface area contributed by atoms with Gasteiger partial charge in [-0.25, -0.2) is 13.8 Å². The number of hydrogen-bond donors (Lipinski definition) is 2. The van der Waals surface area contributed by atoms with Gasteiger partial charge in [0.15, 0.2) is 5.96 Å². The van der Waals surface area contributed by atoms with Crippen molar-refractivity contribution < 1.29 is 8.78 Å². The van der Waals surface area contributed by atoms with Crippen LogP contribution in [0.5, 0.6) is 0 Å². The molecule has 2 rings (SSSR count). The Morgan fingerprint density at radius 2 is 1.93 bits per heavy atom. The van der Waals surface area contributed by atoms with Gasteiger partial charge in [-0.1, -0.05) is 13.0 Å². The number of aromatic nitrogens is 1. The Morgan fingerprint density at radius 3 is 2.46 bits per heavy atom. The van der Waals surface area contributed by atoms with Crippen LogP contribution in [0.15, 0.2) is 29.4 Å². The summed E-state index contributed by atoms with van der Waals surface area (Å²) in [6, 6.07) is 3.47. The van der Waals surface area contributed by atoms with Crippen molar-refractivity contribution in [2.75, 3.05) is 34.2 Å². The van der Waals surface area contributed by atoms with Crippen LogP contribution in [0.3, 0.4) is 0 Å². The molecule has 0 spiro atoms. The molecule has 0 saturated heterocycles. The van der Waals surface area contributed by atoms with Crippen LogP contribution in [-0.4, -0.2) is 50.1 Å². The van der Waals surface area contributed by atoms with E-state index in [9.17, 15) is 8.78 Å². The van der Waals surface area contributed by atoms with Gasteiger partial charge in [-0.05, 0) is 32.6 Å². The highest BCUT2D eigenvalue weighted by molar-refractivity contribution is 14.0. The Kier molecular flexibility index (Phi) is 10.8. The predicted molar refractivity (Wildman–Crippen MR) is 123 cm³/mol. The Morgan fingerprint density at radius 1 is 1.25 bits per heavy atom. The highest BCUT2D eigenvalue weighted by Gasteiger charge is 2.22. The normalized spacial score (nSPS) is 12.6. The molecule has 9 heteroatoms. The van der Waals surface area contributed by atoms with Crippen molar-refractivity contribution in [1.29, 1.82) is 0 Å². The first-order chi connectivity index (χ1) is 13.0. The molecule has 0 aliphatic rings. The van der Waals surface area contributed by atoms with Gasteiger partial charge >= 0.3 is 0 Å². The second-order valence-corrected chi connectivity index (χ2v) is 7.52. The number of halogens is 3. The van der Waals surface area contributed by atoms with Crippen LogP contribution in [0.4, 0.5) is 8.78 Å². The number of aliphatic imine (C=N–C) groups is 1. The van der Waals surface area contributed by atoms with Crippen molar-refractivity contribution in [3.63, 3.8) is 0 Å². The Hall–Kier alpha value is -1.33. The third-order valence-corrected chi connectivity index (χ3v) is 5.43. The number of thiazole rings is 1. The summed E-state index contributed by atoms with van der Waals surface area (Å²) in [5, 5.41) is 7.45. The number of nitrogens with zero attached hydrogens (tertiary/aromatic N) is 3. The van der Waals surface area contributed by atoms with E-state index in [0.29, 0.717) is 19.0 Å². The lowest BCUT2D eigenvalue weighted by atomic mass is 10.0. The van der Waals surface area contributed by atoms with Crippen LogP contribution >= 0.6 is 35.3 Å². The van der Waals surface area contributed by atoms with E-state index in [2.05, 4.69) is 27.5 Å². The molecule has 1 aromatic carbocycles. The standard InChI is InChI=1S/C19H27F2N5S.HI/c1-5-13-11-24-17(27-13)9-10-23-19(22-2)25-12-16(26(3)4)18-14(20)7-6-8-15(18)21;/h6-8,11,16H,5,9-10,12H2,1-4H3,(H2,22,23,25);1H. The van der Waals surface area contributed by atoms with Crippen molar-refractivity contribution in [2.24, 2.45) is 4.99 Å². The summed E-state index contributed by atoms with van der Waals surface area (Å²) in [6.07, 6.45) is 3.70. The molecule has 0 aliphatic heterocycles. The van der Waals surface area contributed by atoms with E-state index in [4.69, 9.17) is 0 Å². The molecule has 0 saturated carbocycles. The van der Waals surface area contributed by atoms with E-state index in [-0.39, 0.29) is 29.5 Å². The van der Waals surface area contributed by atoms with Gasteiger partial charge in [0, 0.05) is 43.2 Å². The number of rotatable bonds is 8. The number of benzene rings is 1. The monoisotopic (exact) mass is 523 g/mol. The van der Waals surface area contributed by atoms with E-state index < -0.39 is 17.7 Å². The largest absolute Gasteiger partial charge is 0.356 e. The van der Waals surface area contributed by atoms with Crippen LogP contribution < -0.4 is 10.6 Å². The minimum Gasteiger partial charge on any atom is -0.356 e. The van der Waals surface area contributed by atoms with E-state index >= 15 is 0 Å². The number of nitrogens with one attached hydrogen (secondary N) is 2. The Bertz CT molecular complexity index is 746. The average Bonchev–Trinajstić information content (AvgIpc) is 3.10. The SMILES string of the molecule is CCc1cnc(CCNC(=NC)NCC(c2c(F)cccc2F)N(C)C)s1.I. The first-order valence-electron chi connectivity index (χ1n) is 8.94. The van der Waals surface area contributed by atoms with Crippen molar-refractivity contribution in [3.05, 3.63) is 51.5 Å². The number of guanidine groups is 1. The molecule has 0 radical (unpaired) electrons. The molecule has 2 N–H and O–H groups in total. The summed E-state index contributed by atoms with van der Waals surface area (Å²) in [4.78, 5) is 11.6. The van der Waals surface area contributed by atoms with Crippen molar-refractivity contribution in [2.45, 2.75) is 25.8 Å². The number of aryl methyl sites for hydroxylation is 1. The quantitative estimate of drug-likeness (QED) is 0.316. The van der Waals surface area contributed by atoms with Crippen molar-refractivity contribution in [1.82, 2.24) is 20.5 Å². The predicted octanol–water partition coefficient (Wildman–Crippen LogP) is 3.61. The van der Waals surface area contributed by atoms with Gasteiger partial charge in [-0.3, -0.25) is 4.99 Å². The maximum Gasteiger partial charge on any atom is 0.191 e. The van der Waals surface area contributed by atoms with Crippen LogP contribution in [0.2, 0.25) is 0 Å². The van der Waals surface area contributed by atoms with E-state index in [1.165, 1.54) is 23.1 Å². The summed E-state index contributed by atoms with van der Waals surface area (Å²) in [5.41, 5.74) is 0.0559. The molecule has 0 bridgehead atoms. The van der Waals surface area contributed by atoms with Crippen LogP contribution in [-0.2, 0) is 12.8 Å². The first-order valence-corrected chi connectivity index (χ1v) is 9.76. The third-order valence-electron chi connectivity index (χ3n) is 4.22. The van der Waals surface area contributed by atoms with Crippen molar-refractivity contribution >= 4 is 41.3 Å². The third kappa shape index (κ3) is 6.93. The molecular weight excluding hydrogens is 495 g/mol. The second kappa shape index (κ2) is 12.3. The molecule has 1 heterocycles. The Labute approximate surface area is 186 Å². The van der Waals surface area contributed by atoms with Gasteiger partial charge in [0.1, 0.15) is 11.6 Å². The van der Waals surface area contributed by atoms with Gasteiger partial charge in [0.05, 0.1) is 11.0 Å². The molecule has 0 fully saturated rings. The lowest BCUT2D eigenvalue weighted by molar-refractivity contribution is 0.282. The zero-order chi connectivity index (χ0) is 19.8. The summed E-state index contributed by atoms with van der Waals surface area (Å²) < 4.78 is 28.3. The van der Waals surface area contributed by atoms with Gasteiger partial charge in [0.2, 0.25) is 0 Å². The molecule has 5 nitrogen and oxygen atoms in total. The first kappa shape index (κ1) is 24.7. The van der Waals surface area contributed by atoms with Gasteiger partial charge in [0.25, 0.3) is 0 Å². The van der Waals surface area contributed by atoms with Gasteiger partial charge in [-0.15, -0.1) is 35.3 Å². The highest BCUT2D eigenvalue weighted by atomic mass is 127. The summed E-state index contributed by atoms with van der Waals surface area (Å²) >= 11 is 1.71. The number of likely N-dealkylation sites (N-methyl/N-ethyl adjacent to an activating group) is 1. The number of hydrogen-bond acceptors (Lipinski definition) is 4. The van der Waals surface area contributed by atoms with E-state index in [1.54, 1.807) is 37.4 Å². The zero-order valence-electron chi connectivity index (χ0n) is 16.6. The smallest absolute Gasteiger partial charge is 0.191 e. The second-order valence-electron chi connectivity index (χ2n) is 6.32. The maximum absolute atomic E-state index is 14.1. The molecule has 0 aliphatic carbocycles. The van der Waals surface area contributed by atoms with Crippen LogP contribution in [0, 0.1) is 11.6 Å². The van der Waals surface area contributed by atoms with Gasteiger partial charge in [-0.2, -0.15) is 0 Å². The molecule has 0 amide bonds. The van der Waals surface area contributed by atoms with Crippen LogP contribution in [0.25, 0.3) is 0 Å². The minimum atomic E-state index is -0.547. The highest BCUT2D eigenvalue weighted by Crippen LogP contribution is 2.23. The fourth-order valence-electron chi connectivity index (χ4n) is 2.70. The van der Waals surface area contributed by atoms with Crippen LogP contribution in [0.1, 0.15) is 28.4 Å². The lowest BCUT2D eigenvalue weighted by Crippen LogP contribution is -2.42. The molecule has 28 heavy (non-hydrogen) atoms. The molecule has 1 unspecified atom stereocenters. The summed E-state index contributed by atoms with van der Waals surface area (Å²) in [5.74, 6) is -0.506. The van der Waals surface area contributed by atoms with E-state index in [1.807, 2.05) is 6.20 Å². The fraction of sp³-hybridized carbons (Fsp3) is 0.474. The minimum absolute atomic E-state index is 0. The van der Waals surface area contributed by atoms with Crippen molar-refractivity contribution in [3.8, 4) is 0 Å². The summed E-state index contributed by atoms with van der Waals surface area (Å²) in [6.45, 7) is 3.11. The maximum atomic E-state index is 14.1. The molecule has 1 atom stereocenters. The molecular formula is C19H28F2IN5S. The lowest BCUT2D eigenvalue weighted by Gasteiger charge is -2.26. The van der Waals surface area contributed by atoms with E-state index in [0.717, 1.165) is 17.8 Å². The zero-order valence-corrected chi connectivity index (χ0v) is 19.8. The molecule has 1 aromatic heterocycles. The fourth-order valence-corrected chi connectivity index (χ4v) is 3.56. The topological polar surface area (TPSA) is 52.6 Å². The Balaban J connectivity index is 0.00000392. The molecule has 156 valence electrons. The summed E-state index contributed by atoms with van der Waals surface area (Å²) in [7, 11) is 5.26. The molecule has 2 aromatic rings.